The van der Waals surface area contributed by atoms with Gasteiger partial charge in [0.2, 0.25) is 0 Å². The number of halogens is 1. The van der Waals surface area contributed by atoms with Crippen LogP contribution in [0.15, 0.2) is 34.0 Å². The zero-order chi connectivity index (χ0) is 8.97. The van der Waals surface area contributed by atoms with Crippen LogP contribution in [0.2, 0.25) is 0 Å². The topological polar surface area (TPSA) is 67.9 Å². The minimum Gasteiger partial charge on any atom is -0.258 e. The van der Waals surface area contributed by atoms with E-state index in [1.54, 1.807) is 0 Å². The second-order valence-corrected chi connectivity index (χ2v) is 2.10. The van der Waals surface area contributed by atoms with E-state index >= 15 is 0 Å². The fourth-order valence-electron chi connectivity index (χ4n) is 0.685. The lowest BCUT2D eigenvalue weighted by molar-refractivity contribution is -0.384. The Bertz CT molecular complexity index is 309. The fraction of sp³-hybridized carbons (Fsp3) is 0. The second kappa shape index (κ2) is 3.77. The Morgan fingerprint density at radius 3 is 2.33 bits per heavy atom. The van der Waals surface area contributed by atoms with Crippen LogP contribution in [0, 0.1) is 10.1 Å². The maximum absolute atomic E-state index is 10.2. The molecule has 6 heteroatoms. The number of hydrogen-bond donors (Lipinski definition) is 0. The molecule has 0 atom stereocenters. The molecule has 0 heterocycles. The van der Waals surface area contributed by atoms with Gasteiger partial charge in [0.1, 0.15) is 0 Å². The van der Waals surface area contributed by atoms with Gasteiger partial charge < -0.3 is 0 Å². The highest BCUT2D eigenvalue weighted by atomic mass is 35.5. The summed E-state index contributed by atoms with van der Waals surface area (Å²) in [6.45, 7) is 0. The number of rotatable bonds is 2. The van der Waals surface area contributed by atoms with Crippen LogP contribution in [0.5, 0.6) is 0 Å². The Morgan fingerprint density at radius 1 is 1.33 bits per heavy atom. The Hall–Kier alpha value is -1.49. The van der Waals surface area contributed by atoms with Crippen molar-refractivity contribution in [3.8, 4) is 0 Å². The number of nitrogens with zero attached hydrogens (tertiary/aromatic N) is 3. The molecule has 12 heavy (non-hydrogen) atoms. The molecule has 0 unspecified atom stereocenters. The van der Waals surface area contributed by atoms with Gasteiger partial charge in [-0.2, -0.15) is 0 Å². The predicted octanol–water partition coefficient (Wildman–Crippen LogP) is 2.83. The molecule has 0 N–H and O–H groups in total. The summed E-state index contributed by atoms with van der Waals surface area (Å²) in [7, 11) is 0. The van der Waals surface area contributed by atoms with Gasteiger partial charge in [-0.05, 0) is 12.1 Å². The first-order valence-corrected chi connectivity index (χ1v) is 3.34. The zero-order valence-corrected chi connectivity index (χ0v) is 6.60. The SMILES string of the molecule is O=[N+]([O-])c1ccc(/N=N/Cl)cc1. The van der Waals surface area contributed by atoms with Crippen LogP contribution in [-0.4, -0.2) is 4.92 Å². The van der Waals surface area contributed by atoms with Crippen LogP contribution >= 0.6 is 11.8 Å². The number of benzene rings is 1. The normalized spacial score (nSPS) is 10.4. The van der Waals surface area contributed by atoms with Gasteiger partial charge in [0.25, 0.3) is 5.69 Å². The van der Waals surface area contributed by atoms with E-state index in [0.29, 0.717) is 5.69 Å². The average Bonchev–Trinajstić information content (AvgIpc) is 2.06. The summed E-state index contributed by atoms with van der Waals surface area (Å²) in [4.78, 5) is 9.71. The molecule has 62 valence electrons. The minimum absolute atomic E-state index is 0.0172. The summed E-state index contributed by atoms with van der Waals surface area (Å²) in [6, 6.07) is 5.59. The Labute approximate surface area is 72.9 Å². The van der Waals surface area contributed by atoms with Crippen LogP contribution in [-0.2, 0) is 0 Å². The smallest absolute Gasteiger partial charge is 0.258 e. The molecule has 0 aliphatic heterocycles. The second-order valence-electron chi connectivity index (χ2n) is 1.95. The molecule has 0 radical (unpaired) electrons. The van der Waals surface area contributed by atoms with Crippen LogP contribution in [0.25, 0.3) is 0 Å². The highest BCUT2D eigenvalue weighted by molar-refractivity contribution is 6.14. The van der Waals surface area contributed by atoms with Crippen molar-refractivity contribution < 1.29 is 4.92 Å². The first kappa shape index (κ1) is 8.61. The van der Waals surface area contributed by atoms with Gasteiger partial charge in [0.15, 0.2) is 0 Å². The first-order chi connectivity index (χ1) is 5.74. The summed E-state index contributed by atoms with van der Waals surface area (Å²) in [5, 5.41) is 13.7. The van der Waals surface area contributed by atoms with Crippen molar-refractivity contribution in [1.29, 1.82) is 0 Å². The highest BCUT2D eigenvalue weighted by Gasteiger charge is 2.02. The molecule has 1 aromatic carbocycles. The van der Waals surface area contributed by atoms with Crippen molar-refractivity contribution in [3.63, 3.8) is 0 Å². The summed E-state index contributed by atoms with van der Waals surface area (Å²) in [5.41, 5.74) is 0.499. The van der Waals surface area contributed by atoms with Crippen LogP contribution in [0.3, 0.4) is 0 Å². The van der Waals surface area contributed by atoms with Gasteiger partial charge >= 0.3 is 0 Å². The summed E-state index contributed by atoms with van der Waals surface area (Å²) >= 11 is 4.96. The lowest BCUT2D eigenvalue weighted by Gasteiger charge is -1.90. The third-order valence-electron chi connectivity index (χ3n) is 1.21. The van der Waals surface area contributed by atoms with Gasteiger partial charge in [-0.1, -0.05) is 4.63 Å². The van der Waals surface area contributed by atoms with E-state index in [1.165, 1.54) is 24.3 Å². The highest BCUT2D eigenvalue weighted by Crippen LogP contribution is 2.18. The average molecular weight is 186 g/mol. The molecule has 5 nitrogen and oxygen atoms in total. The van der Waals surface area contributed by atoms with Crippen molar-refractivity contribution in [2.75, 3.05) is 0 Å². The van der Waals surface area contributed by atoms with Crippen molar-refractivity contribution in [1.82, 2.24) is 0 Å². The maximum Gasteiger partial charge on any atom is 0.269 e. The number of nitro groups is 1. The van der Waals surface area contributed by atoms with Crippen molar-refractivity contribution in [2.45, 2.75) is 0 Å². The Morgan fingerprint density at radius 2 is 1.92 bits per heavy atom. The van der Waals surface area contributed by atoms with Gasteiger partial charge in [-0.25, -0.2) is 0 Å². The fourth-order valence-corrected chi connectivity index (χ4v) is 0.772. The maximum atomic E-state index is 10.2. The van der Waals surface area contributed by atoms with E-state index in [2.05, 4.69) is 9.75 Å². The minimum atomic E-state index is -0.485. The monoisotopic (exact) mass is 185 g/mol. The molecule has 0 aliphatic rings. The summed E-state index contributed by atoms with van der Waals surface area (Å²) in [5.74, 6) is 0. The molecular weight excluding hydrogens is 182 g/mol. The van der Waals surface area contributed by atoms with Gasteiger partial charge in [0.05, 0.1) is 22.4 Å². The molecule has 0 aromatic heterocycles. The van der Waals surface area contributed by atoms with Crippen LogP contribution in [0.1, 0.15) is 0 Å². The molecular formula is C6H4ClN3O2. The molecule has 1 rings (SSSR count). The largest absolute Gasteiger partial charge is 0.269 e. The Kier molecular flexibility index (Phi) is 2.71. The van der Waals surface area contributed by atoms with Gasteiger partial charge in [-0.15, -0.1) is 5.11 Å². The Balaban J connectivity index is 2.93. The molecule has 0 aliphatic carbocycles. The number of nitro benzene ring substituents is 1. The van der Waals surface area contributed by atoms with Gasteiger partial charge in [0, 0.05) is 12.1 Å². The standard InChI is InChI=1S/C6H4ClN3O2/c7-9-8-5-1-3-6(4-2-5)10(11)12/h1-4H/b9-8+. The molecule has 1 aromatic rings. The van der Waals surface area contributed by atoms with Crippen LogP contribution < -0.4 is 0 Å². The quantitative estimate of drug-likeness (QED) is 0.404. The molecule has 0 bridgehead atoms. The van der Waals surface area contributed by atoms with E-state index < -0.39 is 4.92 Å². The van der Waals surface area contributed by atoms with E-state index in [-0.39, 0.29) is 5.69 Å². The lowest BCUT2D eigenvalue weighted by Crippen LogP contribution is -1.85. The summed E-state index contributed by atoms with van der Waals surface area (Å²) < 4.78 is 3.01. The van der Waals surface area contributed by atoms with E-state index in [4.69, 9.17) is 11.8 Å². The van der Waals surface area contributed by atoms with E-state index in [0.717, 1.165) is 0 Å². The number of hydrogen-bond acceptors (Lipinski definition) is 4. The first-order valence-electron chi connectivity index (χ1n) is 3.00. The van der Waals surface area contributed by atoms with Crippen LogP contribution in [0.4, 0.5) is 11.4 Å². The third-order valence-corrected chi connectivity index (χ3v) is 1.29. The predicted molar refractivity (Wildman–Crippen MR) is 43.5 cm³/mol. The van der Waals surface area contributed by atoms with Gasteiger partial charge in [-0.3, -0.25) is 10.1 Å². The molecule has 0 saturated heterocycles. The zero-order valence-electron chi connectivity index (χ0n) is 5.85. The lowest BCUT2D eigenvalue weighted by atomic mass is 10.3. The van der Waals surface area contributed by atoms with E-state index in [9.17, 15) is 10.1 Å². The molecule has 0 fully saturated rings. The van der Waals surface area contributed by atoms with Crippen molar-refractivity contribution in [3.05, 3.63) is 34.4 Å². The number of non-ortho nitro benzene ring substituents is 1. The van der Waals surface area contributed by atoms with Crippen molar-refractivity contribution in [2.24, 2.45) is 9.75 Å². The molecule has 0 spiro atoms. The summed E-state index contributed by atoms with van der Waals surface area (Å²) in [6.07, 6.45) is 0. The van der Waals surface area contributed by atoms with E-state index in [1.807, 2.05) is 0 Å². The third kappa shape index (κ3) is 2.00. The molecule has 0 saturated carbocycles. The van der Waals surface area contributed by atoms with Crippen molar-refractivity contribution >= 4 is 23.2 Å². The molecule has 0 amide bonds.